The Morgan fingerprint density at radius 3 is 2.61 bits per heavy atom. The SMILES string of the molecule is Cc1ccc(Cn2ncc(CCl)c2C2CC2)cc1. The van der Waals surface area contributed by atoms with Crippen molar-refractivity contribution in [3.05, 3.63) is 52.8 Å². The topological polar surface area (TPSA) is 17.8 Å². The molecule has 2 nitrogen and oxygen atoms in total. The van der Waals surface area contributed by atoms with Crippen molar-refractivity contribution in [3.63, 3.8) is 0 Å². The molecule has 0 unspecified atom stereocenters. The van der Waals surface area contributed by atoms with Crippen molar-refractivity contribution in [2.45, 2.75) is 38.1 Å². The van der Waals surface area contributed by atoms with Gasteiger partial charge >= 0.3 is 0 Å². The fourth-order valence-corrected chi connectivity index (χ4v) is 2.56. The van der Waals surface area contributed by atoms with E-state index in [1.54, 1.807) is 0 Å². The Balaban J connectivity index is 1.88. The van der Waals surface area contributed by atoms with E-state index < -0.39 is 0 Å². The molecule has 94 valence electrons. The van der Waals surface area contributed by atoms with E-state index >= 15 is 0 Å². The Morgan fingerprint density at radius 2 is 2.00 bits per heavy atom. The zero-order valence-corrected chi connectivity index (χ0v) is 11.3. The van der Waals surface area contributed by atoms with Gasteiger partial charge in [0.05, 0.1) is 18.6 Å². The first kappa shape index (κ1) is 11.8. The van der Waals surface area contributed by atoms with Gasteiger partial charge in [-0.15, -0.1) is 11.6 Å². The second kappa shape index (κ2) is 4.77. The molecule has 3 rings (SSSR count). The van der Waals surface area contributed by atoms with Gasteiger partial charge in [-0.3, -0.25) is 4.68 Å². The molecule has 1 heterocycles. The van der Waals surface area contributed by atoms with E-state index in [-0.39, 0.29) is 0 Å². The van der Waals surface area contributed by atoms with Gasteiger partial charge in [-0.1, -0.05) is 29.8 Å². The number of alkyl halides is 1. The minimum Gasteiger partial charge on any atom is -0.265 e. The maximum Gasteiger partial charge on any atom is 0.0662 e. The highest BCUT2D eigenvalue weighted by Crippen LogP contribution is 2.42. The Bertz CT molecular complexity index is 538. The van der Waals surface area contributed by atoms with Crippen LogP contribution in [-0.2, 0) is 12.4 Å². The summed E-state index contributed by atoms with van der Waals surface area (Å²) in [6, 6.07) is 8.65. The molecule has 1 aliphatic carbocycles. The summed E-state index contributed by atoms with van der Waals surface area (Å²) in [6.45, 7) is 2.96. The molecule has 0 bridgehead atoms. The molecule has 1 saturated carbocycles. The van der Waals surface area contributed by atoms with E-state index in [0.717, 1.165) is 6.54 Å². The maximum absolute atomic E-state index is 5.99. The lowest BCUT2D eigenvalue weighted by Gasteiger charge is -2.08. The zero-order chi connectivity index (χ0) is 12.5. The average Bonchev–Trinajstić information content (AvgIpc) is 3.14. The van der Waals surface area contributed by atoms with Crippen LogP contribution in [0.2, 0.25) is 0 Å². The standard InChI is InChI=1S/C15H17ClN2/c1-11-2-4-12(5-3-11)10-18-15(13-6-7-13)14(8-16)9-17-18/h2-5,9,13H,6-8,10H2,1H3. The Hall–Kier alpha value is -1.28. The summed E-state index contributed by atoms with van der Waals surface area (Å²) in [4.78, 5) is 0. The fourth-order valence-electron chi connectivity index (χ4n) is 2.36. The smallest absolute Gasteiger partial charge is 0.0662 e. The van der Waals surface area contributed by atoms with E-state index in [1.165, 1.54) is 35.2 Å². The summed E-state index contributed by atoms with van der Waals surface area (Å²) in [5.41, 5.74) is 5.15. The van der Waals surface area contributed by atoms with Gasteiger partial charge in [0.2, 0.25) is 0 Å². The predicted octanol–water partition coefficient (Wildman–Crippen LogP) is 3.86. The fraction of sp³-hybridized carbons (Fsp3) is 0.400. The third-order valence-corrected chi connectivity index (χ3v) is 3.81. The van der Waals surface area contributed by atoms with Gasteiger partial charge in [-0.2, -0.15) is 5.10 Å². The molecule has 0 spiro atoms. The monoisotopic (exact) mass is 260 g/mol. The quantitative estimate of drug-likeness (QED) is 0.764. The molecule has 0 aliphatic heterocycles. The van der Waals surface area contributed by atoms with Crippen molar-refractivity contribution in [3.8, 4) is 0 Å². The number of benzene rings is 1. The normalized spacial score (nSPS) is 15.0. The van der Waals surface area contributed by atoms with Crippen molar-refractivity contribution in [2.24, 2.45) is 0 Å². The summed E-state index contributed by atoms with van der Waals surface area (Å²) < 4.78 is 2.13. The number of hydrogen-bond acceptors (Lipinski definition) is 1. The lowest BCUT2D eigenvalue weighted by Crippen LogP contribution is -2.06. The number of nitrogens with zero attached hydrogens (tertiary/aromatic N) is 2. The summed E-state index contributed by atoms with van der Waals surface area (Å²) in [5, 5.41) is 4.50. The molecule has 1 aliphatic rings. The molecule has 2 aromatic rings. The van der Waals surface area contributed by atoms with Crippen LogP contribution in [0.4, 0.5) is 0 Å². The lowest BCUT2D eigenvalue weighted by atomic mass is 10.1. The molecule has 1 fully saturated rings. The number of halogens is 1. The molecule has 1 aromatic carbocycles. The first-order valence-corrected chi connectivity index (χ1v) is 6.97. The van der Waals surface area contributed by atoms with Gasteiger partial charge in [-0.05, 0) is 25.3 Å². The van der Waals surface area contributed by atoms with Gasteiger partial charge in [0.1, 0.15) is 0 Å². The van der Waals surface area contributed by atoms with Crippen LogP contribution >= 0.6 is 11.6 Å². The molecule has 0 N–H and O–H groups in total. The molecule has 1 aromatic heterocycles. The highest BCUT2D eigenvalue weighted by atomic mass is 35.5. The Kier molecular flexibility index (Phi) is 3.13. The summed E-state index contributed by atoms with van der Waals surface area (Å²) in [7, 11) is 0. The molecular formula is C15H17ClN2. The third kappa shape index (κ3) is 2.30. The third-order valence-electron chi connectivity index (χ3n) is 3.52. The Labute approximate surface area is 113 Å². The maximum atomic E-state index is 5.99. The second-order valence-electron chi connectivity index (χ2n) is 5.11. The van der Waals surface area contributed by atoms with Gasteiger partial charge in [0.15, 0.2) is 0 Å². The molecule has 0 radical (unpaired) electrons. The lowest BCUT2D eigenvalue weighted by molar-refractivity contribution is 0.645. The van der Waals surface area contributed by atoms with Gasteiger partial charge in [0, 0.05) is 17.2 Å². The highest BCUT2D eigenvalue weighted by molar-refractivity contribution is 6.17. The van der Waals surface area contributed by atoms with E-state index in [9.17, 15) is 0 Å². The van der Waals surface area contributed by atoms with Gasteiger partial charge in [0.25, 0.3) is 0 Å². The molecule has 0 amide bonds. The summed E-state index contributed by atoms with van der Waals surface area (Å²) >= 11 is 5.99. The van der Waals surface area contributed by atoms with Crippen molar-refractivity contribution >= 4 is 11.6 Å². The van der Waals surface area contributed by atoms with Crippen molar-refractivity contribution in [1.29, 1.82) is 0 Å². The molecular weight excluding hydrogens is 244 g/mol. The minimum atomic E-state index is 0.569. The minimum absolute atomic E-state index is 0.569. The first-order chi connectivity index (χ1) is 8.78. The van der Waals surface area contributed by atoms with Crippen LogP contribution in [0.15, 0.2) is 30.5 Å². The van der Waals surface area contributed by atoms with Crippen LogP contribution in [0.5, 0.6) is 0 Å². The van der Waals surface area contributed by atoms with Gasteiger partial charge < -0.3 is 0 Å². The van der Waals surface area contributed by atoms with Gasteiger partial charge in [-0.25, -0.2) is 0 Å². The molecule has 0 atom stereocenters. The molecule has 3 heteroatoms. The molecule has 0 saturated heterocycles. The highest BCUT2D eigenvalue weighted by Gasteiger charge is 2.29. The zero-order valence-electron chi connectivity index (χ0n) is 10.6. The van der Waals surface area contributed by atoms with E-state index in [2.05, 4.69) is 41.0 Å². The predicted molar refractivity (Wildman–Crippen MR) is 74.0 cm³/mol. The van der Waals surface area contributed by atoms with E-state index in [4.69, 9.17) is 11.6 Å². The van der Waals surface area contributed by atoms with Crippen LogP contribution in [-0.4, -0.2) is 9.78 Å². The number of rotatable bonds is 4. The van der Waals surface area contributed by atoms with Crippen LogP contribution in [0.3, 0.4) is 0 Å². The average molecular weight is 261 g/mol. The van der Waals surface area contributed by atoms with Crippen LogP contribution in [0.25, 0.3) is 0 Å². The number of aromatic nitrogens is 2. The first-order valence-electron chi connectivity index (χ1n) is 6.44. The summed E-state index contributed by atoms with van der Waals surface area (Å²) in [5.74, 6) is 1.26. The van der Waals surface area contributed by atoms with Crippen molar-refractivity contribution in [2.75, 3.05) is 0 Å². The number of aryl methyl sites for hydroxylation is 1. The Morgan fingerprint density at radius 1 is 1.28 bits per heavy atom. The van der Waals surface area contributed by atoms with E-state index in [0.29, 0.717) is 11.8 Å². The van der Waals surface area contributed by atoms with Crippen molar-refractivity contribution in [1.82, 2.24) is 9.78 Å². The van der Waals surface area contributed by atoms with Crippen molar-refractivity contribution < 1.29 is 0 Å². The van der Waals surface area contributed by atoms with Crippen LogP contribution < -0.4 is 0 Å². The largest absolute Gasteiger partial charge is 0.265 e. The van der Waals surface area contributed by atoms with Crippen LogP contribution in [0.1, 0.15) is 41.1 Å². The van der Waals surface area contributed by atoms with Crippen LogP contribution in [0, 0.1) is 6.92 Å². The number of hydrogen-bond donors (Lipinski definition) is 0. The molecule has 18 heavy (non-hydrogen) atoms. The van der Waals surface area contributed by atoms with E-state index in [1.807, 2.05) is 6.20 Å². The summed E-state index contributed by atoms with van der Waals surface area (Å²) in [6.07, 6.45) is 4.49. The second-order valence-corrected chi connectivity index (χ2v) is 5.37.